The normalized spacial score (nSPS) is 14.6. The summed E-state index contributed by atoms with van der Waals surface area (Å²) in [6.45, 7) is 0. The van der Waals surface area contributed by atoms with Gasteiger partial charge in [0.1, 0.15) is 23.0 Å². The SMILES string of the molecule is CSC1Cc2ccc(cc2)-c2cc(Br)c(o2)-c2ccc(cc2)CCc2ccc(cc2)-c2oc(cc2Br)-c2ccc1cc2. The third-order valence-corrected chi connectivity index (χ3v) is 10.2. The van der Waals surface area contributed by atoms with Crippen LogP contribution in [0.5, 0.6) is 0 Å². The van der Waals surface area contributed by atoms with E-state index in [0.717, 1.165) is 73.5 Å². The molecule has 6 aromatic rings. The first-order valence-electron chi connectivity index (χ1n) is 14.0. The van der Waals surface area contributed by atoms with Gasteiger partial charge in [0.05, 0.1) is 8.95 Å². The van der Waals surface area contributed by atoms with Crippen molar-refractivity contribution in [1.82, 2.24) is 0 Å². The molecule has 0 radical (unpaired) electrons. The highest BCUT2D eigenvalue weighted by Gasteiger charge is 2.17. The van der Waals surface area contributed by atoms with Gasteiger partial charge in [-0.1, -0.05) is 97.1 Å². The molecule has 4 aromatic carbocycles. The quantitative estimate of drug-likeness (QED) is 0.171. The van der Waals surface area contributed by atoms with E-state index in [-0.39, 0.29) is 0 Å². The molecule has 208 valence electrons. The lowest BCUT2D eigenvalue weighted by molar-refractivity contribution is 0.595. The lowest BCUT2D eigenvalue weighted by atomic mass is 10.0. The van der Waals surface area contributed by atoms with Crippen LogP contribution in [0.15, 0.2) is 127 Å². The Morgan fingerprint density at radius 1 is 0.548 bits per heavy atom. The molecule has 0 fully saturated rings. The lowest BCUT2D eigenvalue weighted by Crippen LogP contribution is -1.98. The highest BCUT2D eigenvalue weighted by atomic mass is 79.9. The van der Waals surface area contributed by atoms with Crippen molar-refractivity contribution >= 4 is 43.6 Å². The molecule has 7 aliphatic rings. The number of aryl methyl sites for hydroxylation is 2. The van der Waals surface area contributed by atoms with E-state index in [0.29, 0.717) is 5.25 Å². The van der Waals surface area contributed by atoms with E-state index in [1.54, 1.807) is 0 Å². The summed E-state index contributed by atoms with van der Waals surface area (Å²) < 4.78 is 14.7. The molecule has 0 aliphatic carbocycles. The summed E-state index contributed by atoms with van der Waals surface area (Å²) in [5, 5.41) is 0.355. The molecule has 1 unspecified atom stereocenters. The first kappa shape index (κ1) is 27.6. The van der Waals surface area contributed by atoms with Crippen molar-refractivity contribution < 1.29 is 8.83 Å². The molecule has 1 atom stereocenters. The van der Waals surface area contributed by atoms with Crippen LogP contribution < -0.4 is 0 Å². The molecule has 0 saturated carbocycles. The van der Waals surface area contributed by atoms with Gasteiger partial charge in [-0.25, -0.2) is 0 Å². The standard InChI is InChI=1S/C37H28Br2O2S/c1-42-35-20-25-8-10-26(11-9-25)33-21-31(38)36(40-33)29-12-4-23(5-13-29)2-3-24-6-14-30(15-7-24)37-32(39)22-34(41-37)27-16-18-28(35)19-17-27/h4-19,21-22,35H,2-3,20H2,1H3. The largest absolute Gasteiger partial charge is 0.455 e. The molecule has 0 N–H and O–H groups in total. The van der Waals surface area contributed by atoms with Gasteiger partial charge in [0, 0.05) is 27.5 Å². The Bertz CT molecular complexity index is 1830. The van der Waals surface area contributed by atoms with Crippen molar-refractivity contribution in [2.45, 2.75) is 24.5 Å². The molecule has 12 bridgehead atoms. The number of halogens is 2. The average molecular weight is 697 g/mol. The smallest absolute Gasteiger partial charge is 0.148 e. The van der Waals surface area contributed by atoms with Crippen LogP contribution in [0.1, 0.15) is 27.5 Å². The highest BCUT2D eigenvalue weighted by molar-refractivity contribution is 9.11. The second-order valence-electron chi connectivity index (χ2n) is 10.7. The van der Waals surface area contributed by atoms with Crippen molar-refractivity contribution in [3.8, 4) is 45.3 Å². The number of rotatable bonds is 1. The number of hydrogen-bond acceptors (Lipinski definition) is 3. The van der Waals surface area contributed by atoms with E-state index in [1.807, 2.05) is 11.8 Å². The van der Waals surface area contributed by atoms with Gasteiger partial charge < -0.3 is 8.83 Å². The van der Waals surface area contributed by atoms with Crippen molar-refractivity contribution in [3.63, 3.8) is 0 Å². The molecular weight excluding hydrogens is 668 g/mol. The van der Waals surface area contributed by atoms with E-state index in [1.165, 1.54) is 22.3 Å². The molecule has 0 spiro atoms. The van der Waals surface area contributed by atoms with E-state index in [4.69, 9.17) is 8.83 Å². The van der Waals surface area contributed by atoms with Crippen molar-refractivity contribution in [2.75, 3.05) is 6.26 Å². The summed E-state index contributed by atoms with van der Waals surface area (Å²) in [5.41, 5.74) is 9.49. The first-order chi connectivity index (χ1) is 20.5. The van der Waals surface area contributed by atoms with Crippen LogP contribution >= 0.6 is 43.6 Å². The van der Waals surface area contributed by atoms with Crippen LogP contribution in [0.3, 0.4) is 0 Å². The van der Waals surface area contributed by atoms with Gasteiger partial charge in [0.2, 0.25) is 0 Å². The number of thioether (sulfide) groups is 1. The molecule has 0 saturated heterocycles. The molecule has 5 heteroatoms. The van der Waals surface area contributed by atoms with Crippen molar-refractivity contribution in [2.24, 2.45) is 0 Å². The van der Waals surface area contributed by atoms with Crippen LogP contribution in [-0.2, 0) is 19.3 Å². The maximum atomic E-state index is 6.37. The third kappa shape index (κ3) is 5.58. The number of furan rings is 2. The van der Waals surface area contributed by atoms with Gasteiger partial charge in [0.15, 0.2) is 0 Å². The van der Waals surface area contributed by atoms with Crippen molar-refractivity contribution in [3.05, 3.63) is 140 Å². The average Bonchev–Trinajstić information content (AvgIpc) is 3.62. The Labute approximate surface area is 267 Å². The minimum atomic E-state index is 0.355. The Balaban J connectivity index is 1.26. The van der Waals surface area contributed by atoms with Crippen LogP contribution in [0.4, 0.5) is 0 Å². The Kier molecular flexibility index (Phi) is 7.74. The third-order valence-electron chi connectivity index (χ3n) is 8.02. The first-order valence-corrected chi connectivity index (χ1v) is 16.9. The van der Waals surface area contributed by atoms with Gasteiger partial charge in [-0.3, -0.25) is 0 Å². The van der Waals surface area contributed by atoms with Crippen LogP contribution in [0.2, 0.25) is 0 Å². The molecule has 2 aromatic heterocycles. The topological polar surface area (TPSA) is 26.3 Å². The van der Waals surface area contributed by atoms with Crippen molar-refractivity contribution in [1.29, 1.82) is 0 Å². The molecular formula is C37H28Br2O2S. The summed E-state index contributed by atoms with van der Waals surface area (Å²) in [7, 11) is 0. The lowest BCUT2D eigenvalue weighted by Gasteiger charge is -2.16. The Morgan fingerprint density at radius 2 is 0.952 bits per heavy atom. The van der Waals surface area contributed by atoms with E-state index >= 15 is 0 Å². The molecule has 2 nitrogen and oxygen atoms in total. The van der Waals surface area contributed by atoms with E-state index in [2.05, 4.69) is 147 Å². The molecule has 7 aliphatic heterocycles. The Morgan fingerprint density at radius 3 is 1.40 bits per heavy atom. The van der Waals surface area contributed by atoms with Gasteiger partial charge >= 0.3 is 0 Å². The summed E-state index contributed by atoms with van der Waals surface area (Å²) in [6.07, 6.45) is 5.07. The van der Waals surface area contributed by atoms with Gasteiger partial charge in [-0.2, -0.15) is 11.8 Å². The Hall–Kier alpha value is -3.25. The van der Waals surface area contributed by atoms with Crippen LogP contribution in [-0.4, -0.2) is 6.26 Å². The molecule has 42 heavy (non-hydrogen) atoms. The van der Waals surface area contributed by atoms with Gasteiger partial charge in [-0.05, 0) is 91.8 Å². The minimum absolute atomic E-state index is 0.355. The maximum Gasteiger partial charge on any atom is 0.148 e. The summed E-state index contributed by atoms with van der Waals surface area (Å²) in [5.74, 6) is 3.44. The second-order valence-corrected chi connectivity index (χ2v) is 13.5. The maximum absolute atomic E-state index is 6.37. The fourth-order valence-corrected chi connectivity index (χ4v) is 7.39. The summed E-state index contributed by atoms with van der Waals surface area (Å²) in [4.78, 5) is 0. The van der Waals surface area contributed by atoms with E-state index in [9.17, 15) is 0 Å². The predicted octanol–water partition coefficient (Wildman–Crippen LogP) is 11.8. The van der Waals surface area contributed by atoms with Gasteiger partial charge in [0.25, 0.3) is 0 Å². The molecule has 9 heterocycles. The van der Waals surface area contributed by atoms with Crippen LogP contribution in [0, 0.1) is 0 Å². The number of benzene rings is 4. The second kappa shape index (κ2) is 11.8. The van der Waals surface area contributed by atoms with E-state index < -0.39 is 0 Å². The molecule has 13 rings (SSSR count). The predicted molar refractivity (Wildman–Crippen MR) is 182 cm³/mol. The minimum Gasteiger partial charge on any atom is -0.455 e. The zero-order chi connectivity index (χ0) is 28.6. The monoisotopic (exact) mass is 694 g/mol. The summed E-state index contributed by atoms with van der Waals surface area (Å²) in [6, 6.07) is 39.1. The van der Waals surface area contributed by atoms with Gasteiger partial charge in [-0.15, -0.1) is 0 Å². The summed E-state index contributed by atoms with van der Waals surface area (Å²) >= 11 is 9.35. The fourth-order valence-electron chi connectivity index (χ4n) is 5.57. The number of hydrogen-bond donors (Lipinski definition) is 0. The van der Waals surface area contributed by atoms with Crippen LogP contribution in [0.25, 0.3) is 45.3 Å². The highest BCUT2D eigenvalue weighted by Crippen LogP contribution is 2.39. The fraction of sp³-hybridized carbons (Fsp3) is 0.135. The zero-order valence-electron chi connectivity index (χ0n) is 23.1. The molecule has 0 amide bonds. The zero-order valence-corrected chi connectivity index (χ0v) is 27.1.